The Hall–Kier alpha value is -3.12. The molecular weight excluding hydrogens is 370 g/mol. The van der Waals surface area contributed by atoms with Gasteiger partial charge in [0, 0.05) is 21.8 Å². The van der Waals surface area contributed by atoms with Gasteiger partial charge in [0.05, 0.1) is 5.56 Å². The Balaban J connectivity index is 2.41. The predicted molar refractivity (Wildman–Crippen MR) is 118 cm³/mol. The van der Waals surface area contributed by atoms with Gasteiger partial charge in [0.15, 0.2) is 5.82 Å². The van der Waals surface area contributed by atoms with Gasteiger partial charge >= 0.3 is 5.97 Å². The fraction of sp³-hybridized carbons (Fsp3) is 0.136. The highest BCUT2D eigenvalue weighted by molar-refractivity contribution is 7.90. The summed E-state index contributed by atoms with van der Waals surface area (Å²) < 4.78 is 0. The summed E-state index contributed by atoms with van der Waals surface area (Å²) in [7, 11) is 0. The van der Waals surface area contributed by atoms with Gasteiger partial charge in [-0.1, -0.05) is 30.4 Å². The van der Waals surface area contributed by atoms with Gasteiger partial charge in [-0.15, -0.1) is 19.2 Å². The van der Waals surface area contributed by atoms with E-state index >= 15 is 0 Å². The van der Waals surface area contributed by atoms with Gasteiger partial charge in [0.1, 0.15) is 5.82 Å². The SMILES string of the molecule is C=CCc1c(C)nc(/C(S)=C/C=C/C=C\C)nc1Nc1ccc(C(=O)O)cc1. The molecule has 1 aromatic carbocycles. The van der Waals surface area contributed by atoms with Crippen LogP contribution in [0.3, 0.4) is 0 Å². The van der Waals surface area contributed by atoms with E-state index in [4.69, 9.17) is 5.11 Å². The van der Waals surface area contributed by atoms with Gasteiger partial charge in [-0.25, -0.2) is 14.8 Å². The molecule has 0 saturated heterocycles. The number of thiol groups is 1. The number of benzene rings is 1. The zero-order valence-electron chi connectivity index (χ0n) is 15.9. The lowest BCUT2D eigenvalue weighted by atomic mass is 10.1. The minimum Gasteiger partial charge on any atom is -0.478 e. The first-order valence-corrected chi connectivity index (χ1v) is 9.18. The first-order chi connectivity index (χ1) is 13.5. The molecule has 0 fully saturated rings. The summed E-state index contributed by atoms with van der Waals surface area (Å²) in [6, 6.07) is 6.50. The number of aryl methyl sites for hydroxylation is 1. The molecule has 0 saturated carbocycles. The third-order valence-electron chi connectivity index (χ3n) is 3.85. The molecule has 0 radical (unpaired) electrons. The van der Waals surface area contributed by atoms with Gasteiger partial charge < -0.3 is 10.4 Å². The van der Waals surface area contributed by atoms with E-state index in [1.807, 2.05) is 44.2 Å². The van der Waals surface area contributed by atoms with Crippen LogP contribution < -0.4 is 5.32 Å². The Morgan fingerprint density at radius 2 is 1.93 bits per heavy atom. The van der Waals surface area contributed by atoms with Crippen LogP contribution in [-0.4, -0.2) is 21.0 Å². The smallest absolute Gasteiger partial charge is 0.335 e. The summed E-state index contributed by atoms with van der Waals surface area (Å²) in [5.41, 5.74) is 2.71. The molecular formula is C22H23N3O2S. The fourth-order valence-corrected chi connectivity index (χ4v) is 2.62. The van der Waals surface area contributed by atoms with E-state index in [0.29, 0.717) is 23.0 Å². The van der Waals surface area contributed by atoms with Gasteiger partial charge in [-0.3, -0.25) is 0 Å². The summed E-state index contributed by atoms with van der Waals surface area (Å²) in [5.74, 6) is 0.182. The van der Waals surface area contributed by atoms with Crippen LogP contribution in [0.2, 0.25) is 0 Å². The summed E-state index contributed by atoms with van der Waals surface area (Å²) >= 11 is 4.51. The predicted octanol–water partition coefficient (Wildman–Crippen LogP) is 5.36. The van der Waals surface area contributed by atoms with Gasteiger partial charge in [-0.2, -0.15) is 0 Å². The zero-order valence-corrected chi connectivity index (χ0v) is 16.8. The standard InChI is InChI=1S/C22H23N3O2S/c1-4-6-7-8-10-19(28)21-23-15(3)18(9-5-2)20(25-21)24-17-13-11-16(12-14-17)22(26)27/h4-8,10-14,28H,2,9H2,1,3H3,(H,26,27)(H,23,24,25)/b6-4-,8-7+,19-10-. The van der Waals surface area contributed by atoms with E-state index in [9.17, 15) is 4.79 Å². The Labute approximate surface area is 170 Å². The molecule has 0 atom stereocenters. The number of rotatable bonds is 8. The molecule has 0 aliphatic rings. The minimum atomic E-state index is -0.963. The van der Waals surface area contributed by atoms with E-state index < -0.39 is 5.97 Å². The molecule has 28 heavy (non-hydrogen) atoms. The summed E-state index contributed by atoms with van der Waals surface area (Å²) in [5, 5.41) is 12.3. The summed E-state index contributed by atoms with van der Waals surface area (Å²) in [6.45, 7) is 7.66. The molecule has 5 nitrogen and oxygen atoms in total. The highest BCUT2D eigenvalue weighted by Crippen LogP contribution is 2.25. The van der Waals surface area contributed by atoms with Crippen molar-refractivity contribution in [2.75, 3.05) is 5.32 Å². The van der Waals surface area contributed by atoms with Crippen molar-refractivity contribution in [1.29, 1.82) is 0 Å². The van der Waals surface area contributed by atoms with Crippen molar-refractivity contribution in [1.82, 2.24) is 9.97 Å². The highest BCUT2D eigenvalue weighted by atomic mass is 32.1. The Bertz CT molecular complexity index is 945. The number of nitrogens with zero attached hydrogens (tertiary/aromatic N) is 2. The fourth-order valence-electron chi connectivity index (χ4n) is 2.43. The third-order valence-corrected chi connectivity index (χ3v) is 4.20. The number of carboxylic acid groups (broad SMARTS) is 1. The van der Waals surface area contributed by atoms with Crippen molar-refractivity contribution in [3.8, 4) is 0 Å². The van der Waals surface area contributed by atoms with Crippen LogP contribution in [0.5, 0.6) is 0 Å². The largest absolute Gasteiger partial charge is 0.478 e. The maximum atomic E-state index is 11.0. The summed E-state index contributed by atoms with van der Waals surface area (Å²) in [6.07, 6.45) is 11.9. The van der Waals surface area contributed by atoms with Crippen molar-refractivity contribution >= 4 is 35.0 Å². The lowest BCUT2D eigenvalue weighted by Gasteiger charge is -2.14. The number of carbonyl (C=O) groups is 1. The number of anilines is 2. The molecule has 1 heterocycles. The van der Waals surface area contributed by atoms with Gasteiger partial charge in [0.2, 0.25) is 0 Å². The van der Waals surface area contributed by atoms with E-state index in [-0.39, 0.29) is 5.56 Å². The molecule has 0 spiro atoms. The second-order valence-electron chi connectivity index (χ2n) is 5.92. The maximum Gasteiger partial charge on any atom is 0.335 e. The molecule has 2 aromatic rings. The lowest BCUT2D eigenvalue weighted by Crippen LogP contribution is -2.06. The van der Waals surface area contributed by atoms with Crippen molar-refractivity contribution in [2.45, 2.75) is 20.3 Å². The highest BCUT2D eigenvalue weighted by Gasteiger charge is 2.13. The van der Waals surface area contributed by atoms with Crippen molar-refractivity contribution in [3.63, 3.8) is 0 Å². The second-order valence-corrected chi connectivity index (χ2v) is 6.40. The maximum absolute atomic E-state index is 11.0. The lowest BCUT2D eigenvalue weighted by molar-refractivity contribution is 0.0697. The molecule has 2 N–H and O–H groups in total. The number of allylic oxidation sites excluding steroid dienone is 6. The number of aromatic carboxylic acids is 1. The number of hydrogen-bond acceptors (Lipinski definition) is 5. The van der Waals surface area contributed by atoms with Crippen LogP contribution in [0.1, 0.15) is 34.4 Å². The minimum absolute atomic E-state index is 0.227. The van der Waals surface area contributed by atoms with E-state index in [1.165, 1.54) is 0 Å². The molecule has 144 valence electrons. The molecule has 0 amide bonds. The molecule has 6 heteroatoms. The number of carboxylic acids is 1. The van der Waals surface area contributed by atoms with Crippen molar-refractivity contribution in [3.05, 3.63) is 89.9 Å². The number of aromatic nitrogens is 2. The van der Waals surface area contributed by atoms with E-state index in [0.717, 1.165) is 16.9 Å². The molecule has 0 aliphatic carbocycles. The van der Waals surface area contributed by atoms with Gasteiger partial charge in [0.25, 0.3) is 0 Å². The third kappa shape index (κ3) is 5.69. The monoisotopic (exact) mass is 393 g/mol. The van der Waals surface area contributed by atoms with Crippen molar-refractivity contribution in [2.24, 2.45) is 0 Å². The quantitative estimate of drug-likeness (QED) is 0.320. The second kappa shape index (κ2) is 10.3. The molecule has 2 rings (SSSR count). The van der Waals surface area contributed by atoms with Crippen LogP contribution in [-0.2, 0) is 6.42 Å². The van der Waals surface area contributed by atoms with Crippen LogP contribution in [0, 0.1) is 6.92 Å². The molecule has 0 unspecified atom stereocenters. The Morgan fingerprint density at radius 1 is 1.21 bits per heavy atom. The molecule has 0 bridgehead atoms. The van der Waals surface area contributed by atoms with Crippen LogP contribution in [0.25, 0.3) is 4.91 Å². The Morgan fingerprint density at radius 3 is 2.54 bits per heavy atom. The van der Waals surface area contributed by atoms with E-state index in [2.05, 4.69) is 34.5 Å². The van der Waals surface area contributed by atoms with Crippen LogP contribution in [0.4, 0.5) is 11.5 Å². The molecule has 1 aromatic heterocycles. The zero-order chi connectivity index (χ0) is 20.5. The van der Waals surface area contributed by atoms with Crippen LogP contribution >= 0.6 is 12.6 Å². The average Bonchev–Trinajstić information content (AvgIpc) is 2.68. The number of hydrogen-bond donors (Lipinski definition) is 3. The van der Waals surface area contributed by atoms with Crippen molar-refractivity contribution < 1.29 is 9.90 Å². The summed E-state index contributed by atoms with van der Waals surface area (Å²) in [4.78, 5) is 20.8. The Kier molecular flexibility index (Phi) is 7.77. The first-order valence-electron chi connectivity index (χ1n) is 8.74. The molecule has 0 aliphatic heterocycles. The van der Waals surface area contributed by atoms with Gasteiger partial charge in [-0.05, 0) is 50.6 Å². The average molecular weight is 394 g/mol. The number of nitrogens with one attached hydrogen (secondary N) is 1. The van der Waals surface area contributed by atoms with E-state index in [1.54, 1.807) is 30.3 Å². The first kappa shape index (κ1) is 21.2. The normalized spacial score (nSPS) is 11.9. The van der Waals surface area contributed by atoms with Crippen LogP contribution in [0.15, 0.2) is 67.3 Å². The topological polar surface area (TPSA) is 75.1 Å².